The van der Waals surface area contributed by atoms with Crippen LogP contribution in [0.4, 0.5) is 0 Å². The third-order valence-corrected chi connectivity index (χ3v) is 5.55. The van der Waals surface area contributed by atoms with Gasteiger partial charge in [-0.3, -0.25) is 9.59 Å². The molecule has 0 spiro atoms. The minimum atomic E-state index is -0.373. The van der Waals surface area contributed by atoms with E-state index in [2.05, 4.69) is 11.9 Å². The molecule has 2 aromatic carbocycles. The summed E-state index contributed by atoms with van der Waals surface area (Å²) < 4.78 is 10.9. The Hall–Kier alpha value is -2.86. The zero-order chi connectivity index (χ0) is 21.5. The molecule has 1 heterocycles. The first kappa shape index (κ1) is 21.8. The van der Waals surface area contributed by atoms with Crippen molar-refractivity contribution < 1.29 is 19.1 Å². The van der Waals surface area contributed by atoms with Crippen LogP contribution >= 0.6 is 0 Å². The first-order valence-electron chi connectivity index (χ1n) is 10.4. The molecule has 1 fully saturated rings. The van der Waals surface area contributed by atoms with Gasteiger partial charge in [0, 0.05) is 51.0 Å². The predicted molar refractivity (Wildman–Crippen MR) is 116 cm³/mol. The van der Waals surface area contributed by atoms with Crippen LogP contribution in [0.2, 0.25) is 0 Å². The molecule has 0 saturated carbocycles. The van der Waals surface area contributed by atoms with E-state index in [0.717, 1.165) is 37.3 Å². The largest absolute Gasteiger partial charge is 0.497 e. The van der Waals surface area contributed by atoms with Gasteiger partial charge in [-0.1, -0.05) is 30.3 Å². The van der Waals surface area contributed by atoms with E-state index in [1.807, 2.05) is 41.3 Å². The monoisotopic (exact) mass is 410 g/mol. The number of piperazine rings is 1. The van der Waals surface area contributed by atoms with E-state index < -0.39 is 0 Å². The molecule has 0 aromatic heterocycles. The Morgan fingerprint density at radius 3 is 2.37 bits per heavy atom. The number of carbonyl (C=O) groups is 2. The average Bonchev–Trinajstić information content (AvgIpc) is 2.75. The van der Waals surface area contributed by atoms with Crippen LogP contribution < -0.4 is 9.47 Å². The summed E-state index contributed by atoms with van der Waals surface area (Å²) in [6, 6.07) is 15.5. The Labute approximate surface area is 178 Å². The number of methoxy groups -OCH3 is 1. The molecule has 1 atom stereocenters. The topological polar surface area (TPSA) is 59.1 Å². The van der Waals surface area contributed by atoms with Gasteiger partial charge in [-0.2, -0.15) is 0 Å². The van der Waals surface area contributed by atoms with Gasteiger partial charge in [0.25, 0.3) is 0 Å². The number of benzene rings is 2. The van der Waals surface area contributed by atoms with Crippen LogP contribution in [0.15, 0.2) is 48.5 Å². The molecule has 30 heavy (non-hydrogen) atoms. The molecule has 2 aromatic rings. The highest BCUT2D eigenvalue weighted by Gasteiger charge is 2.24. The average molecular weight is 411 g/mol. The van der Waals surface area contributed by atoms with Gasteiger partial charge in [-0.25, -0.2) is 0 Å². The summed E-state index contributed by atoms with van der Waals surface area (Å²) in [7, 11) is 3.69. The number of amides is 1. The first-order chi connectivity index (χ1) is 14.5. The van der Waals surface area contributed by atoms with Gasteiger partial charge in [-0.15, -0.1) is 0 Å². The molecule has 1 amide bonds. The molecule has 3 rings (SSSR count). The van der Waals surface area contributed by atoms with Crippen molar-refractivity contribution in [3.8, 4) is 11.5 Å². The van der Waals surface area contributed by atoms with Crippen LogP contribution in [0.25, 0.3) is 0 Å². The Bertz CT molecular complexity index is 861. The molecule has 6 heteroatoms. The summed E-state index contributed by atoms with van der Waals surface area (Å²) in [5, 5.41) is 0. The fourth-order valence-corrected chi connectivity index (χ4v) is 3.84. The van der Waals surface area contributed by atoms with Crippen molar-refractivity contribution in [2.45, 2.75) is 25.7 Å². The Morgan fingerprint density at radius 2 is 1.73 bits per heavy atom. The summed E-state index contributed by atoms with van der Waals surface area (Å²) >= 11 is 0. The highest BCUT2D eigenvalue weighted by molar-refractivity contribution is 5.76. The lowest BCUT2D eigenvalue weighted by atomic mass is 9.86. The molecule has 160 valence electrons. The summed E-state index contributed by atoms with van der Waals surface area (Å²) in [6.07, 6.45) is 1.05. The third-order valence-electron chi connectivity index (χ3n) is 5.55. The van der Waals surface area contributed by atoms with Crippen molar-refractivity contribution in [1.29, 1.82) is 0 Å². The molecule has 0 bridgehead atoms. The van der Waals surface area contributed by atoms with Crippen molar-refractivity contribution in [1.82, 2.24) is 9.80 Å². The predicted octanol–water partition coefficient (Wildman–Crippen LogP) is 3.31. The minimum Gasteiger partial charge on any atom is -0.497 e. The van der Waals surface area contributed by atoms with E-state index in [0.29, 0.717) is 24.3 Å². The summed E-state index contributed by atoms with van der Waals surface area (Å²) in [5.74, 6) is 0.895. The molecule has 1 saturated heterocycles. The Kier molecular flexibility index (Phi) is 7.46. The number of esters is 1. The van der Waals surface area contributed by atoms with E-state index in [1.165, 1.54) is 6.92 Å². The van der Waals surface area contributed by atoms with E-state index in [9.17, 15) is 9.59 Å². The van der Waals surface area contributed by atoms with Gasteiger partial charge >= 0.3 is 5.97 Å². The van der Waals surface area contributed by atoms with Crippen LogP contribution in [0.1, 0.15) is 36.8 Å². The number of ether oxygens (including phenoxy) is 2. The number of carbonyl (C=O) groups excluding carboxylic acids is 2. The highest BCUT2D eigenvalue weighted by atomic mass is 16.5. The number of hydrogen-bond acceptors (Lipinski definition) is 5. The zero-order valence-electron chi connectivity index (χ0n) is 18.0. The molecule has 0 radical (unpaired) electrons. The maximum absolute atomic E-state index is 12.9. The fraction of sp³-hybridized carbons (Fsp3) is 0.417. The van der Waals surface area contributed by atoms with Crippen molar-refractivity contribution >= 4 is 11.9 Å². The van der Waals surface area contributed by atoms with Gasteiger partial charge in [0.05, 0.1) is 7.11 Å². The van der Waals surface area contributed by atoms with Crippen molar-refractivity contribution in [3.63, 3.8) is 0 Å². The maximum Gasteiger partial charge on any atom is 0.308 e. The second kappa shape index (κ2) is 10.3. The minimum absolute atomic E-state index is 0.0907. The van der Waals surface area contributed by atoms with Gasteiger partial charge in [0.15, 0.2) is 0 Å². The van der Waals surface area contributed by atoms with E-state index in [1.54, 1.807) is 19.2 Å². The lowest BCUT2D eigenvalue weighted by molar-refractivity contribution is -0.133. The summed E-state index contributed by atoms with van der Waals surface area (Å²) in [6.45, 7) is 4.73. The van der Waals surface area contributed by atoms with Crippen molar-refractivity contribution in [2.24, 2.45) is 0 Å². The van der Waals surface area contributed by atoms with Crippen LogP contribution in [0.5, 0.6) is 11.5 Å². The summed E-state index contributed by atoms with van der Waals surface area (Å²) in [4.78, 5) is 28.7. The first-order valence-corrected chi connectivity index (χ1v) is 10.4. The SMILES string of the molecule is COc1ccc(OC(C)=O)c(C(CCC(=O)N2CCN(C)CC2)c2ccccc2)c1. The third kappa shape index (κ3) is 5.60. The zero-order valence-corrected chi connectivity index (χ0v) is 18.0. The second-order valence-electron chi connectivity index (χ2n) is 7.68. The number of nitrogens with zero attached hydrogens (tertiary/aromatic N) is 2. The van der Waals surface area contributed by atoms with Crippen molar-refractivity contribution in [3.05, 3.63) is 59.7 Å². The van der Waals surface area contributed by atoms with Crippen LogP contribution in [0, 0.1) is 0 Å². The molecule has 6 nitrogen and oxygen atoms in total. The summed E-state index contributed by atoms with van der Waals surface area (Å²) in [5.41, 5.74) is 1.92. The standard InChI is InChI=1S/C24H30N2O4/c1-18(27)30-23-11-9-20(29-3)17-22(23)21(19-7-5-4-6-8-19)10-12-24(28)26-15-13-25(2)14-16-26/h4-9,11,17,21H,10,12-16H2,1-3H3. The van der Waals surface area contributed by atoms with Gasteiger partial charge in [0.2, 0.25) is 5.91 Å². The smallest absolute Gasteiger partial charge is 0.308 e. The maximum atomic E-state index is 12.9. The molecular weight excluding hydrogens is 380 g/mol. The van der Waals surface area contributed by atoms with E-state index >= 15 is 0 Å². The molecule has 0 aliphatic carbocycles. The Morgan fingerprint density at radius 1 is 1.03 bits per heavy atom. The lowest BCUT2D eigenvalue weighted by Crippen LogP contribution is -2.47. The van der Waals surface area contributed by atoms with Gasteiger partial charge in [-0.05, 0) is 37.2 Å². The van der Waals surface area contributed by atoms with Crippen LogP contribution in [0.3, 0.4) is 0 Å². The molecule has 1 aliphatic heterocycles. The molecule has 1 unspecified atom stereocenters. The number of rotatable bonds is 7. The normalized spacial score (nSPS) is 15.5. The fourth-order valence-electron chi connectivity index (χ4n) is 3.84. The van der Waals surface area contributed by atoms with Gasteiger partial charge in [0.1, 0.15) is 11.5 Å². The molecule has 1 aliphatic rings. The lowest BCUT2D eigenvalue weighted by Gasteiger charge is -2.33. The molecular formula is C24H30N2O4. The van der Waals surface area contributed by atoms with Gasteiger partial charge < -0.3 is 19.3 Å². The van der Waals surface area contributed by atoms with Crippen molar-refractivity contribution in [2.75, 3.05) is 40.3 Å². The second-order valence-corrected chi connectivity index (χ2v) is 7.68. The van der Waals surface area contributed by atoms with Crippen LogP contribution in [-0.2, 0) is 9.59 Å². The van der Waals surface area contributed by atoms with E-state index in [4.69, 9.17) is 9.47 Å². The van der Waals surface area contributed by atoms with Crippen LogP contribution in [-0.4, -0.2) is 62.0 Å². The highest BCUT2D eigenvalue weighted by Crippen LogP contribution is 2.38. The Balaban J connectivity index is 1.86. The number of hydrogen-bond donors (Lipinski definition) is 0. The number of likely N-dealkylation sites (N-methyl/N-ethyl adjacent to an activating group) is 1. The quantitative estimate of drug-likeness (QED) is 0.518. The van der Waals surface area contributed by atoms with E-state index in [-0.39, 0.29) is 17.8 Å². The molecule has 0 N–H and O–H groups in total.